The van der Waals surface area contributed by atoms with Crippen molar-refractivity contribution in [3.8, 4) is 0 Å². The Kier molecular flexibility index (Phi) is 5.33. The number of methoxy groups -OCH3 is 1. The molecule has 1 rings (SSSR count). The van der Waals surface area contributed by atoms with Gasteiger partial charge >= 0.3 is 5.97 Å². The molecule has 0 radical (unpaired) electrons. The number of hydrogen-bond donors (Lipinski definition) is 2. The first kappa shape index (κ1) is 14.7. The van der Waals surface area contributed by atoms with Gasteiger partial charge in [0, 0.05) is 12.8 Å². The van der Waals surface area contributed by atoms with Crippen LogP contribution in [0.3, 0.4) is 0 Å². The molecule has 18 heavy (non-hydrogen) atoms. The van der Waals surface area contributed by atoms with Crippen LogP contribution in [-0.4, -0.2) is 37.0 Å². The van der Waals surface area contributed by atoms with Gasteiger partial charge in [-0.2, -0.15) is 0 Å². The molecular weight excluding hydrogens is 304 g/mol. The summed E-state index contributed by atoms with van der Waals surface area (Å²) >= 11 is 3.13. The Balaban J connectivity index is 2.59. The van der Waals surface area contributed by atoms with Crippen LogP contribution in [-0.2, 0) is 19.1 Å². The van der Waals surface area contributed by atoms with Crippen LogP contribution < -0.4 is 10.6 Å². The van der Waals surface area contributed by atoms with Crippen molar-refractivity contribution in [1.82, 2.24) is 10.6 Å². The lowest BCUT2D eigenvalue weighted by molar-refractivity contribution is -0.145. The number of ether oxygens (including phenoxy) is 1. The largest absolute Gasteiger partial charge is 0.467 e. The summed E-state index contributed by atoms with van der Waals surface area (Å²) in [5.74, 6) is -1.09. The molecule has 6 nitrogen and oxygen atoms in total. The average molecular weight is 319 g/mol. The zero-order chi connectivity index (χ0) is 13.7. The molecule has 7 heteroatoms. The Morgan fingerprint density at radius 3 is 2.78 bits per heavy atom. The van der Waals surface area contributed by atoms with Crippen molar-refractivity contribution in [2.24, 2.45) is 0 Å². The summed E-state index contributed by atoms with van der Waals surface area (Å²) in [5.41, 5.74) is 0. The summed E-state index contributed by atoms with van der Waals surface area (Å²) in [4.78, 5) is 34.3. The molecule has 1 aliphatic rings. The maximum absolute atomic E-state index is 11.8. The lowest BCUT2D eigenvalue weighted by Gasteiger charge is -2.18. The molecule has 1 heterocycles. The van der Waals surface area contributed by atoms with E-state index in [0.717, 1.165) is 0 Å². The fourth-order valence-corrected chi connectivity index (χ4v) is 1.96. The van der Waals surface area contributed by atoms with E-state index >= 15 is 0 Å². The number of amides is 2. The summed E-state index contributed by atoms with van der Waals surface area (Å²) < 4.78 is 5.17. The second-order valence-electron chi connectivity index (χ2n) is 3.96. The summed E-state index contributed by atoms with van der Waals surface area (Å²) in [5, 5.41) is 5.07. The van der Waals surface area contributed by atoms with E-state index in [-0.39, 0.29) is 18.2 Å². The Labute approximate surface area is 113 Å². The molecule has 2 amide bonds. The van der Waals surface area contributed by atoms with Crippen LogP contribution in [0.1, 0.15) is 19.3 Å². The van der Waals surface area contributed by atoms with Crippen molar-refractivity contribution in [3.05, 3.63) is 11.1 Å². The second kappa shape index (κ2) is 6.53. The predicted octanol–water partition coefficient (Wildman–Crippen LogP) is 0.221. The number of carbonyl (C=O) groups excluding carboxylic acids is 3. The Morgan fingerprint density at radius 2 is 2.33 bits per heavy atom. The van der Waals surface area contributed by atoms with Gasteiger partial charge in [-0.05, 0) is 10.9 Å². The molecule has 0 aromatic rings. The van der Waals surface area contributed by atoms with E-state index in [1.165, 1.54) is 7.11 Å². The summed E-state index contributed by atoms with van der Waals surface area (Å²) in [6.45, 7) is 3.62. The first-order valence-corrected chi connectivity index (χ1v) is 6.24. The Hall–Kier alpha value is -1.37. The highest BCUT2D eigenvalue weighted by atomic mass is 79.9. The average Bonchev–Trinajstić information content (AvgIpc) is 2.73. The molecule has 0 aliphatic carbocycles. The van der Waals surface area contributed by atoms with Gasteiger partial charge in [0.05, 0.1) is 7.11 Å². The fraction of sp³-hybridized carbons (Fsp3) is 0.545. The van der Waals surface area contributed by atoms with Crippen molar-refractivity contribution < 1.29 is 19.1 Å². The van der Waals surface area contributed by atoms with Crippen molar-refractivity contribution in [3.63, 3.8) is 0 Å². The van der Waals surface area contributed by atoms with Gasteiger partial charge < -0.3 is 15.4 Å². The van der Waals surface area contributed by atoms with Crippen LogP contribution >= 0.6 is 15.9 Å². The van der Waals surface area contributed by atoms with Crippen LogP contribution in [0.15, 0.2) is 11.1 Å². The Morgan fingerprint density at radius 1 is 1.67 bits per heavy atom. The topological polar surface area (TPSA) is 84.5 Å². The van der Waals surface area contributed by atoms with Gasteiger partial charge in [-0.25, -0.2) is 4.79 Å². The van der Waals surface area contributed by atoms with Crippen LogP contribution in [0.2, 0.25) is 0 Å². The molecule has 0 saturated carbocycles. The molecule has 1 saturated heterocycles. The van der Waals surface area contributed by atoms with Crippen LogP contribution in [0.25, 0.3) is 0 Å². The molecule has 1 fully saturated rings. The number of hydrogen-bond acceptors (Lipinski definition) is 4. The highest BCUT2D eigenvalue weighted by molar-refractivity contribution is 9.11. The van der Waals surface area contributed by atoms with E-state index < -0.39 is 18.1 Å². The van der Waals surface area contributed by atoms with Crippen molar-refractivity contribution in [2.45, 2.75) is 31.3 Å². The zero-order valence-corrected chi connectivity index (χ0v) is 11.6. The Bertz CT molecular complexity index is 383. The van der Waals surface area contributed by atoms with E-state index in [4.69, 9.17) is 0 Å². The normalized spacial score (nSPS) is 19.9. The highest BCUT2D eigenvalue weighted by Gasteiger charge is 2.30. The predicted molar refractivity (Wildman–Crippen MR) is 67.8 cm³/mol. The van der Waals surface area contributed by atoms with Gasteiger partial charge in [0.25, 0.3) is 0 Å². The molecule has 100 valence electrons. The maximum atomic E-state index is 11.8. The van der Waals surface area contributed by atoms with Gasteiger partial charge in [0.2, 0.25) is 11.8 Å². The highest BCUT2D eigenvalue weighted by Crippen LogP contribution is 2.12. The van der Waals surface area contributed by atoms with E-state index in [2.05, 4.69) is 37.9 Å². The minimum atomic E-state index is -0.799. The van der Waals surface area contributed by atoms with Gasteiger partial charge in [-0.15, -0.1) is 0 Å². The van der Waals surface area contributed by atoms with Gasteiger partial charge in [-0.1, -0.05) is 22.5 Å². The quantitative estimate of drug-likeness (QED) is 0.710. The summed E-state index contributed by atoms with van der Waals surface area (Å²) in [6.07, 6.45) is 0.999. The third kappa shape index (κ3) is 4.14. The third-order valence-electron chi connectivity index (χ3n) is 2.54. The minimum Gasteiger partial charge on any atom is -0.467 e. The molecule has 0 aromatic heterocycles. The van der Waals surface area contributed by atoms with E-state index in [0.29, 0.717) is 17.3 Å². The zero-order valence-electron chi connectivity index (χ0n) is 9.99. The van der Waals surface area contributed by atoms with Crippen molar-refractivity contribution in [1.29, 1.82) is 0 Å². The third-order valence-corrected chi connectivity index (χ3v) is 2.86. The van der Waals surface area contributed by atoms with Gasteiger partial charge in [0.1, 0.15) is 12.1 Å². The van der Waals surface area contributed by atoms with E-state index in [1.807, 2.05) is 0 Å². The molecule has 0 bridgehead atoms. The molecule has 2 N–H and O–H groups in total. The van der Waals surface area contributed by atoms with Gasteiger partial charge in [0.15, 0.2) is 0 Å². The number of nitrogens with one attached hydrogen (secondary N) is 2. The maximum Gasteiger partial charge on any atom is 0.328 e. The standard InChI is InChI=1S/C11H15BrN2O4/c1-6(12)5-8(11(17)18-2)14-10(16)7-3-4-9(15)13-7/h7-8H,1,3-5H2,2H3,(H,13,15)(H,14,16)/t7-,8+/m0/s1. The molecule has 2 atom stereocenters. The van der Waals surface area contributed by atoms with E-state index in [9.17, 15) is 14.4 Å². The van der Waals surface area contributed by atoms with Gasteiger partial charge in [-0.3, -0.25) is 9.59 Å². The van der Waals surface area contributed by atoms with E-state index in [1.54, 1.807) is 0 Å². The van der Waals surface area contributed by atoms with Crippen LogP contribution in [0, 0.1) is 0 Å². The number of rotatable bonds is 5. The monoisotopic (exact) mass is 318 g/mol. The second-order valence-corrected chi connectivity index (χ2v) is 5.09. The molecule has 0 aromatic carbocycles. The van der Waals surface area contributed by atoms with Crippen LogP contribution in [0.4, 0.5) is 0 Å². The lowest BCUT2D eigenvalue weighted by atomic mass is 10.1. The molecule has 1 aliphatic heterocycles. The molecular formula is C11H15BrN2O4. The smallest absolute Gasteiger partial charge is 0.328 e. The first-order valence-electron chi connectivity index (χ1n) is 5.45. The van der Waals surface area contributed by atoms with Crippen molar-refractivity contribution >= 4 is 33.7 Å². The number of halogens is 1. The van der Waals surface area contributed by atoms with Crippen LogP contribution in [0.5, 0.6) is 0 Å². The summed E-state index contributed by atoms with van der Waals surface area (Å²) in [7, 11) is 1.25. The first-order chi connectivity index (χ1) is 8.43. The fourth-order valence-electron chi connectivity index (χ4n) is 1.64. The van der Waals surface area contributed by atoms with Crippen molar-refractivity contribution in [2.75, 3.05) is 7.11 Å². The lowest BCUT2D eigenvalue weighted by Crippen LogP contribution is -2.49. The summed E-state index contributed by atoms with van der Waals surface area (Å²) in [6, 6.07) is -1.37. The SMILES string of the molecule is C=C(Br)C[C@@H](NC(=O)[C@@H]1CCC(=O)N1)C(=O)OC. The number of esters is 1. The molecule has 0 unspecified atom stereocenters. The minimum absolute atomic E-state index is 0.158. The number of carbonyl (C=O) groups is 3. The molecule has 0 spiro atoms.